The van der Waals surface area contributed by atoms with Gasteiger partial charge in [0, 0.05) is 0 Å². The zero-order chi connectivity index (χ0) is 8.91. The second-order valence-corrected chi connectivity index (χ2v) is 4.40. The first-order valence-electron chi connectivity index (χ1n) is 4.27. The Labute approximate surface area is 70.6 Å². The number of hydrogen-bond donors (Lipinski definition) is 0. The van der Waals surface area contributed by atoms with Crippen LogP contribution >= 0.6 is 8.38 Å². The highest BCUT2D eigenvalue weighted by Crippen LogP contribution is 2.44. The quantitative estimate of drug-likeness (QED) is 0.594. The molecule has 3 heteroatoms. The fourth-order valence-electron chi connectivity index (χ4n) is 1.42. The summed E-state index contributed by atoms with van der Waals surface area (Å²) in [6, 6.07) is 0. The van der Waals surface area contributed by atoms with E-state index < -0.39 is 13.5 Å². The molecule has 0 aliphatic carbocycles. The molecule has 0 aliphatic rings. The maximum absolute atomic E-state index is 10.9. The van der Waals surface area contributed by atoms with Crippen molar-refractivity contribution in [2.45, 2.75) is 51.6 Å². The van der Waals surface area contributed by atoms with Crippen LogP contribution in [-0.4, -0.2) is 5.16 Å². The van der Waals surface area contributed by atoms with E-state index >= 15 is 0 Å². The van der Waals surface area contributed by atoms with Gasteiger partial charge in [0.2, 0.25) is 0 Å². The van der Waals surface area contributed by atoms with Crippen molar-refractivity contribution in [1.29, 1.82) is 0 Å². The molecule has 0 spiro atoms. The lowest BCUT2D eigenvalue weighted by Gasteiger charge is -2.51. The standard InChI is InChI=1S/C8H17O2P/c1-4-7-8(5-2,6-3)11(9)10/h4-7H2,1-3H3/q-2. The maximum atomic E-state index is 10.9. The van der Waals surface area contributed by atoms with E-state index in [4.69, 9.17) is 0 Å². The summed E-state index contributed by atoms with van der Waals surface area (Å²) in [5.74, 6) is 0. The second-order valence-electron chi connectivity index (χ2n) is 2.94. The minimum atomic E-state index is -2.25. The van der Waals surface area contributed by atoms with Crippen LogP contribution in [0, 0.1) is 0 Å². The molecule has 0 aliphatic heterocycles. The van der Waals surface area contributed by atoms with Gasteiger partial charge in [0.1, 0.15) is 0 Å². The molecule has 0 saturated heterocycles. The SMILES string of the molecule is CCCC(CC)(CC)P([O-])[O-]. The van der Waals surface area contributed by atoms with E-state index in [0.29, 0.717) is 0 Å². The van der Waals surface area contributed by atoms with Crippen molar-refractivity contribution in [3.8, 4) is 0 Å². The Balaban J connectivity index is 4.20. The largest absolute Gasteiger partial charge is 0.841 e. The Morgan fingerprint density at radius 3 is 1.64 bits per heavy atom. The van der Waals surface area contributed by atoms with Crippen LogP contribution in [0.5, 0.6) is 0 Å². The average Bonchev–Trinajstić information content (AvgIpc) is 2.00. The highest BCUT2D eigenvalue weighted by molar-refractivity contribution is 7.44. The summed E-state index contributed by atoms with van der Waals surface area (Å²) >= 11 is 0. The molecular formula is C8H17O2P-2. The summed E-state index contributed by atoms with van der Waals surface area (Å²) in [4.78, 5) is 21.8. The Morgan fingerprint density at radius 2 is 1.55 bits per heavy atom. The molecular weight excluding hydrogens is 159 g/mol. The first-order valence-corrected chi connectivity index (χ1v) is 5.45. The van der Waals surface area contributed by atoms with E-state index in [1.54, 1.807) is 0 Å². The Bertz CT molecular complexity index is 100. The topological polar surface area (TPSA) is 46.1 Å². The zero-order valence-corrected chi connectivity index (χ0v) is 8.49. The Hall–Kier alpha value is 0.350. The van der Waals surface area contributed by atoms with Crippen LogP contribution in [-0.2, 0) is 0 Å². The van der Waals surface area contributed by atoms with E-state index in [1.807, 2.05) is 20.8 Å². The molecule has 0 heterocycles. The summed E-state index contributed by atoms with van der Waals surface area (Å²) in [5, 5.41) is -0.413. The molecule has 0 fully saturated rings. The van der Waals surface area contributed by atoms with Crippen LogP contribution in [0.25, 0.3) is 0 Å². The first-order chi connectivity index (χ1) is 5.13. The van der Waals surface area contributed by atoms with Gasteiger partial charge in [0.15, 0.2) is 0 Å². The Kier molecular flexibility index (Phi) is 5.24. The van der Waals surface area contributed by atoms with Crippen molar-refractivity contribution in [3.63, 3.8) is 0 Å². The molecule has 0 amide bonds. The van der Waals surface area contributed by atoms with Crippen LogP contribution in [0.3, 0.4) is 0 Å². The normalized spacial score (nSPS) is 12.5. The van der Waals surface area contributed by atoms with E-state index in [1.165, 1.54) is 0 Å². The molecule has 0 radical (unpaired) electrons. The van der Waals surface area contributed by atoms with Gasteiger partial charge >= 0.3 is 0 Å². The first kappa shape index (κ1) is 11.4. The molecule has 11 heavy (non-hydrogen) atoms. The van der Waals surface area contributed by atoms with Crippen molar-refractivity contribution in [2.75, 3.05) is 0 Å². The zero-order valence-electron chi connectivity index (χ0n) is 7.59. The molecule has 0 aromatic heterocycles. The van der Waals surface area contributed by atoms with Gasteiger partial charge in [-0.25, -0.2) is 0 Å². The van der Waals surface area contributed by atoms with Crippen LogP contribution in [0.2, 0.25) is 0 Å². The lowest BCUT2D eigenvalue weighted by Crippen LogP contribution is -2.34. The predicted octanol–water partition coefficient (Wildman–Crippen LogP) is 1.38. The molecule has 68 valence electrons. The van der Waals surface area contributed by atoms with Gasteiger partial charge in [-0.05, 0) is 24.4 Å². The van der Waals surface area contributed by atoms with Gasteiger partial charge in [0.05, 0.1) is 0 Å². The van der Waals surface area contributed by atoms with Gasteiger partial charge < -0.3 is 18.2 Å². The summed E-state index contributed by atoms with van der Waals surface area (Å²) in [5.41, 5.74) is 0. The van der Waals surface area contributed by atoms with Crippen LogP contribution in [0.15, 0.2) is 0 Å². The molecule has 2 nitrogen and oxygen atoms in total. The molecule has 0 aromatic carbocycles. The van der Waals surface area contributed by atoms with Crippen molar-refractivity contribution < 1.29 is 9.79 Å². The van der Waals surface area contributed by atoms with E-state index in [2.05, 4.69) is 0 Å². The number of rotatable bonds is 5. The van der Waals surface area contributed by atoms with Crippen LogP contribution < -0.4 is 9.79 Å². The third kappa shape index (κ3) is 2.70. The third-order valence-electron chi connectivity index (χ3n) is 2.42. The molecule has 0 aromatic rings. The molecule has 0 unspecified atom stereocenters. The molecule has 0 bridgehead atoms. The summed E-state index contributed by atoms with van der Waals surface area (Å²) in [6.07, 6.45) is 3.25. The van der Waals surface area contributed by atoms with Crippen molar-refractivity contribution in [2.24, 2.45) is 0 Å². The third-order valence-corrected chi connectivity index (χ3v) is 4.05. The van der Waals surface area contributed by atoms with Crippen molar-refractivity contribution in [3.05, 3.63) is 0 Å². The monoisotopic (exact) mass is 176 g/mol. The predicted molar refractivity (Wildman–Crippen MR) is 45.1 cm³/mol. The van der Waals surface area contributed by atoms with E-state index in [9.17, 15) is 9.79 Å². The van der Waals surface area contributed by atoms with Crippen LogP contribution in [0.4, 0.5) is 0 Å². The molecule has 0 rings (SSSR count). The van der Waals surface area contributed by atoms with Gasteiger partial charge in [-0.1, -0.05) is 27.2 Å². The molecule has 0 atom stereocenters. The fourth-order valence-corrected chi connectivity index (χ4v) is 2.34. The fraction of sp³-hybridized carbons (Fsp3) is 1.00. The van der Waals surface area contributed by atoms with Gasteiger partial charge in [-0.2, -0.15) is 0 Å². The van der Waals surface area contributed by atoms with E-state index in [0.717, 1.165) is 25.7 Å². The van der Waals surface area contributed by atoms with E-state index in [-0.39, 0.29) is 0 Å². The summed E-state index contributed by atoms with van der Waals surface area (Å²) in [6.45, 7) is 5.92. The summed E-state index contributed by atoms with van der Waals surface area (Å²) < 4.78 is 0. The minimum Gasteiger partial charge on any atom is -0.841 e. The van der Waals surface area contributed by atoms with Gasteiger partial charge in [-0.15, -0.1) is 0 Å². The number of hydrogen-bond acceptors (Lipinski definition) is 2. The lowest BCUT2D eigenvalue weighted by atomic mass is 9.97. The second kappa shape index (κ2) is 5.08. The van der Waals surface area contributed by atoms with Crippen molar-refractivity contribution in [1.82, 2.24) is 0 Å². The van der Waals surface area contributed by atoms with Gasteiger partial charge in [0.25, 0.3) is 0 Å². The van der Waals surface area contributed by atoms with Gasteiger partial charge in [-0.3, -0.25) is 0 Å². The molecule has 0 N–H and O–H groups in total. The van der Waals surface area contributed by atoms with Crippen molar-refractivity contribution >= 4 is 8.38 Å². The summed E-state index contributed by atoms with van der Waals surface area (Å²) in [7, 11) is -2.25. The minimum absolute atomic E-state index is 0.413. The maximum Gasteiger partial charge on any atom is -0.0396 e. The highest BCUT2D eigenvalue weighted by atomic mass is 31.2. The average molecular weight is 176 g/mol. The van der Waals surface area contributed by atoms with Crippen LogP contribution in [0.1, 0.15) is 46.5 Å². The Morgan fingerprint density at radius 1 is 1.09 bits per heavy atom. The molecule has 0 saturated carbocycles. The smallest absolute Gasteiger partial charge is 0.0396 e. The lowest BCUT2D eigenvalue weighted by molar-refractivity contribution is -0.299. The highest BCUT2D eigenvalue weighted by Gasteiger charge is 2.20.